The van der Waals surface area contributed by atoms with Crippen molar-refractivity contribution in [2.45, 2.75) is 11.8 Å². The van der Waals surface area contributed by atoms with Gasteiger partial charge in [-0.25, -0.2) is 0 Å². The van der Waals surface area contributed by atoms with E-state index in [2.05, 4.69) is 27.1 Å². The molecule has 5 heteroatoms. The van der Waals surface area contributed by atoms with Crippen molar-refractivity contribution in [3.63, 3.8) is 0 Å². The molecule has 0 bridgehead atoms. The summed E-state index contributed by atoms with van der Waals surface area (Å²) < 4.78 is 0. The van der Waals surface area contributed by atoms with Gasteiger partial charge in [0.2, 0.25) is 0 Å². The topological polar surface area (TPSA) is 61.7 Å². The van der Waals surface area contributed by atoms with E-state index in [9.17, 15) is 0 Å². The molecule has 0 saturated carbocycles. The Morgan fingerprint density at radius 2 is 2.17 bits per heavy atom. The highest BCUT2D eigenvalue weighted by Gasteiger charge is 2.00. The summed E-state index contributed by atoms with van der Waals surface area (Å²) in [5.41, 5.74) is 11.6. The minimum absolute atomic E-state index is 0.409. The Hall–Kier alpha value is -1.97. The van der Waals surface area contributed by atoms with Gasteiger partial charge in [-0.3, -0.25) is 4.98 Å². The Morgan fingerprint density at radius 1 is 1.28 bits per heavy atom. The van der Waals surface area contributed by atoms with Gasteiger partial charge in [0, 0.05) is 27.8 Å². The second-order valence-corrected chi connectivity index (χ2v) is 4.80. The van der Waals surface area contributed by atoms with Crippen LogP contribution < -0.4 is 0 Å². The number of benzene rings is 1. The molecule has 0 amide bonds. The molecule has 18 heavy (non-hydrogen) atoms. The van der Waals surface area contributed by atoms with Crippen molar-refractivity contribution in [3.8, 4) is 11.1 Å². The largest absolute Gasteiger partial charge is 0.264 e. The molecule has 0 saturated heterocycles. The minimum Gasteiger partial charge on any atom is -0.264 e. The van der Waals surface area contributed by atoms with Gasteiger partial charge in [0.25, 0.3) is 0 Å². The fourth-order valence-electron chi connectivity index (χ4n) is 1.61. The summed E-state index contributed by atoms with van der Waals surface area (Å²) in [7, 11) is 0. The average molecular weight is 256 g/mol. The lowest BCUT2D eigenvalue weighted by Crippen LogP contribution is -1.83. The Bertz CT molecular complexity index is 591. The van der Waals surface area contributed by atoms with Gasteiger partial charge in [0.05, 0.1) is 5.88 Å². The molecule has 0 atom stereocenters. The molecule has 0 aliphatic rings. The molecule has 2 aromatic rings. The number of pyridine rings is 1. The Kier molecular flexibility index (Phi) is 4.23. The average Bonchev–Trinajstić information content (AvgIpc) is 2.39. The van der Waals surface area contributed by atoms with E-state index in [4.69, 9.17) is 5.53 Å². The molecule has 0 radical (unpaired) electrons. The molecule has 0 spiro atoms. The first kappa shape index (κ1) is 12.5. The zero-order chi connectivity index (χ0) is 12.8. The maximum absolute atomic E-state index is 8.24. The van der Waals surface area contributed by atoms with Crippen LogP contribution >= 0.6 is 11.8 Å². The number of aromatic nitrogens is 1. The molecule has 2 rings (SSSR count). The maximum Gasteiger partial charge on any atom is 0.0768 e. The van der Waals surface area contributed by atoms with Crippen LogP contribution in [0, 0.1) is 6.92 Å². The molecule has 4 nitrogen and oxygen atoms in total. The van der Waals surface area contributed by atoms with Gasteiger partial charge in [-0.15, -0.1) is 11.8 Å². The lowest BCUT2D eigenvalue weighted by atomic mass is 10.1. The third-order valence-electron chi connectivity index (χ3n) is 2.39. The molecule has 1 aromatic carbocycles. The normalized spacial score (nSPS) is 9.83. The second-order valence-electron chi connectivity index (χ2n) is 3.78. The monoisotopic (exact) mass is 256 g/mol. The van der Waals surface area contributed by atoms with Gasteiger partial charge in [0.15, 0.2) is 0 Å². The SMILES string of the molecule is Cc1cncc(-c2cccc(SCN=[N+]=[N-])c2)c1. The van der Waals surface area contributed by atoms with Crippen molar-refractivity contribution in [1.29, 1.82) is 0 Å². The van der Waals surface area contributed by atoms with Crippen LogP contribution in [-0.2, 0) is 0 Å². The summed E-state index contributed by atoms with van der Waals surface area (Å²) in [5, 5.41) is 3.51. The predicted octanol–water partition coefficient (Wildman–Crippen LogP) is 4.42. The molecule has 1 heterocycles. The summed E-state index contributed by atoms with van der Waals surface area (Å²) in [6, 6.07) is 10.2. The highest BCUT2D eigenvalue weighted by Crippen LogP contribution is 2.25. The first-order valence-corrected chi connectivity index (χ1v) is 6.44. The maximum atomic E-state index is 8.24. The summed E-state index contributed by atoms with van der Waals surface area (Å²) in [6.07, 6.45) is 3.69. The Labute approximate surface area is 110 Å². The lowest BCUT2D eigenvalue weighted by molar-refractivity contribution is 1.27. The summed E-state index contributed by atoms with van der Waals surface area (Å²) in [4.78, 5) is 8.01. The number of hydrogen-bond acceptors (Lipinski definition) is 3. The van der Waals surface area contributed by atoms with Gasteiger partial charge >= 0.3 is 0 Å². The predicted molar refractivity (Wildman–Crippen MR) is 74.3 cm³/mol. The van der Waals surface area contributed by atoms with E-state index in [0.29, 0.717) is 5.88 Å². The zero-order valence-corrected chi connectivity index (χ0v) is 10.8. The van der Waals surface area contributed by atoms with Crippen LogP contribution in [0.2, 0.25) is 0 Å². The molecular formula is C13H12N4S. The fraction of sp³-hybridized carbons (Fsp3) is 0.154. The van der Waals surface area contributed by atoms with Crippen LogP contribution in [0.15, 0.2) is 52.7 Å². The van der Waals surface area contributed by atoms with Gasteiger partial charge in [-0.1, -0.05) is 17.2 Å². The number of azide groups is 1. The van der Waals surface area contributed by atoms with Crippen molar-refractivity contribution in [2.75, 3.05) is 5.88 Å². The number of hydrogen-bond donors (Lipinski definition) is 0. The smallest absolute Gasteiger partial charge is 0.0768 e. The van der Waals surface area contributed by atoms with Crippen molar-refractivity contribution in [2.24, 2.45) is 5.11 Å². The van der Waals surface area contributed by atoms with Crippen LogP contribution in [0.25, 0.3) is 21.6 Å². The highest BCUT2D eigenvalue weighted by molar-refractivity contribution is 7.99. The zero-order valence-electron chi connectivity index (χ0n) is 9.95. The fourth-order valence-corrected chi connectivity index (χ4v) is 2.25. The molecule has 90 valence electrons. The molecule has 0 fully saturated rings. The summed E-state index contributed by atoms with van der Waals surface area (Å²) in [5.74, 6) is 0.409. The first-order chi connectivity index (χ1) is 8.79. The van der Waals surface area contributed by atoms with E-state index in [0.717, 1.165) is 21.6 Å². The molecule has 0 aliphatic carbocycles. The van der Waals surface area contributed by atoms with Crippen molar-refractivity contribution >= 4 is 11.8 Å². The quantitative estimate of drug-likeness (QED) is 0.352. The molecule has 1 aromatic heterocycles. The second kappa shape index (κ2) is 6.10. The van der Waals surface area contributed by atoms with Gasteiger partial charge in [0.1, 0.15) is 0 Å². The number of aryl methyl sites for hydroxylation is 1. The van der Waals surface area contributed by atoms with Gasteiger partial charge in [-0.05, 0) is 41.8 Å². The molecule has 0 N–H and O–H groups in total. The molecule has 0 unspecified atom stereocenters. The third-order valence-corrected chi connectivity index (χ3v) is 3.23. The first-order valence-electron chi connectivity index (χ1n) is 5.45. The lowest BCUT2D eigenvalue weighted by Gasteiger charge is -2.04. The van der Waals surface area contributed by atoms with Crippen molar-refractivity contribution < 1.29 is 0 Å². The highest BCUT2D eigenvalue weighted by atomic mass is 32.2. The number of thioether (sulfide) groups is 1. The van der Waals surface area contributed by atoms with Crippen LogP contribution in [0.5, 0.6) is 0 Å². The van der Waals surface area contributed by atoms with Crippen LogP contribution in [0.3, 0.4) is 0 Å². The van der Waals surface area contributed by atoms with Crippen LogP contribution in [-0.4, -0.2) is 10.9 Å². The van der Waals surface area contributed by atoms with Crippen molar-refractivity contribution in [1.82, 2.24) is 4.98 Å². The number of rotatable bonds is 4. The minimum atomic E-state index is 0.409. The molecule has 0 aliphatic heterocycles. The Morgan fingerprint density at radius 3 is 2.94 bits per heavy atom. The van der Waals surface area contributed by atoms with E-state index < -0.39 is 0 Å². The molecular weight excluding hydrogens is 244 g/mol. The van der Waals surface area contributed by atoms with E-state index >= 15 is 0 Å². The van der Waals surface area contributed by atoms with E-state index in [1.807, 2.05) is 37.5 Å². The van der Waals surface area contributed by atoms with E-state index in [-0.39, 0.29) is 0 Å². The van der Waals surface area contributed by atoms with Crippen LogP contribution in [0.4, 0.5) is 0 Å². The summed E-state index contributed by atoms with van der Waals surface area (Å²) >= 11 is 1.52. The van der Waals surface area contributed by atoms with E-state index in [1.165, 1.54) is 11.8 Å². The Balaban J connectivity index is 2.24. The summed E-state index contributed by atoms with van der Waals surface area (Å²) in [6.45, 7) is 2.02. The van der Waals surface area contributed by atoms with Crippen LogP contribution in [0.1, 0.15) is 5.56 Å². The van der Waals surface area contributed by atoms with Crippen molar-refractivity contribution in [3.05, 3.63) is 58.7 Å². The van der Waals surface area contributed by atoms with Gasteiger partial charge in [-0.2, -0.15) is 0 Å². The number of nitrogens with zero attached hydrogens (tertiary/aromatic N) is 4. The third kappa shape index (κ3) is 3.26. The standard InChI is InChI=1S/C13H12N4S/c1-10-5-12(8-15-7-10)11-3-2-4-13(6-11)18-9-16-17-14/h2-8H,9H2,1H3. The van der Waals surface area contributed by atoms with E-state index in [1.54, 1.807) is 0 Å². The van der Waals surface area contributed by atoms with Gasteiger partial charge < -0.3 is 0 Å².